The van der Waals surface area contributed by atoms with Crippen LogP contribution in [0.3, 0.4) is 0 Å². The molecule has 0 spiro atoms. The average molecular weight is 722 g/mol. The summed E-state index contributed by atoms with van der Waals surface area (Å²) in [6.07, 6.45) is 4.24. The highest BCUT2D eigenvalue weighted by molar-refractivity contribution is 5.93. The molecule has 8 rings (SSSR count). The number of aliphatic hydroxyl groups excluding tert-OH is 1. The number of nitrogens with zero attached hydrogens (tertiary/aromatic N) is 6. The summed E-state index contributed by atoms with van der Waals surface area (Å²) in [6.45, 7) is 6.78. The van der Waals surface area contributed by atoms with E-state index in [0.29, 0.717) is 12.1 Å². The van der Waals surface area contributed by atoms with Gasteiger partial charge in [0.25, 0.3) is 5.91 Å². The van der Waals surface area contributed by atoms with Crippen molar-refractivity contribution in [1.82, 2.24) is 30.2 Å². The summed E-state index contributed by atoms with van der Waals surface area (Å²) in [5.41, 5.74) is 7.59. The minimum absolute atomic E-state index is 0.00327. The first-order valence-corrected chi connectivity index (χ1v) is 18.5. The van der Waals surface area contributed by atoms with Crippen molar-refractivity contribution < 1.29 is 19.4 Å². The normalized spacial score (nSPS) is 20.5. The lowest BCUT2D eigenvalue weighted by Crippen LogP contribution is -2.51. The maximum Gasteiger partial charge on any atom is 0.271 e. The Morgan fingerprint density at radius 2 is 1.50 bits per heavy atom. The number of aliphatic hydroxyl groups is 1. The lowest BCUT2D eigenvalue weighted by atomic mass is 9.89. The van der Waals surface area contributed by atoms with Gasteiger partial charge in [-0.1, -0.05) is 91.9 Å². The van der Waals surface area contributed by atoms with Gasteiger partial charge in [0.05, 0.1) is 36.0 Å². The second-order valence-electron chi connectivity index (χ2n) is 13.9. The van der Waals surface area contributed by atoms with E-state index in [1.165, 1.54) is 6.20 Å². The van der Waals surface area contributed by atoms with Gasteiger partial charge in [0, 0.05) is 63.1 Å². The molecule has 11 heteroatoms. The minimum atomic E-state index is -0.570. The Labute approximate surface area is 314 Å². The molecule has 0 aliphatic carbocycles. The van der Waals surface area contributed by atoms with Crippen molar-refractivity contribution in [3.63, 3.8) is 0 Å². The van der Waals surface area contributed by atoms with E-state index in [9.17, 15) is 9.90 Å². The molecule has 2 saturated heterocycles. The summed E-state index contributed by atoms with van der Waals surface area (Å²) in [5.74, 6) is 0.575. The number of ether oxygens (including phenoxy) is 2. The van der Waals surface area contributed by atoms with Crippen molar-refractivity contribution in [3.8, 4) is 11.1 Å². The monoisotopic (exact) mass is 721 g/mol. The Morgan fingerprint density at radius 3 is 2.26 bits per heavy atom. The van der Waals surface area contributed by atoms with Crippen LogP contribution in [0.1, 0.15) is 52.1 Å². The van der Waals surface area contributed by atoms with Crippen LogP contribution in [0.15, 0.2) is 122 Å². The van der Waals surface area contributed by atoms with Crippen LogP contribution in [0.25, 0.3) is 22.2 Å². The molecule has 4 aromatic carbocycles. The average Bonchev–Trinajstić information content (AvgIpc) is 3.24. The van der Waals surface area contributed by atoms with Crippen molar-refractivity contribution in [2.45, 2.75) is 38.6 Å². The van der Waals surface area contributed by atoms with E-state index in [0.717, 1.165) is 77.6 Å². The molecular formula is C43H43N7O4. The molecule has 0 saturated carbocycles. The van der Waals surface area contributed by atoms with E-state index < -0.39 is 6.29 Å². The molecule has 2 fully saturated rings. The molecule has 274 valence electrons. The van der Waals surface area contributed by atoms with Crippen LogP contribution in [-0.4, -0.2) is 74.7 Å². The summed E-state index contributed by atoms with van der Waals surface area (Å²) < 4.78 is 13.6. The third-order valence-corrected chi connectivity index (χ3v) is 10.4. The SMILES string of the molecule is C[C@@H]1[C@H](CN2CCN(c3ncccn3)CC2)O[C@H](c2ccc(-c3ccccc3CNC(=O)c3cnc4ccccc4n3)cc2)O[C@@H]1c1ccc(CO)cc1. The zero-order valence-electron chi connectivity index (χ0n) is 30.2. The van der Waals surface area contributed by atoms with Gasteiger partial charge in [-0.15, -0.1) is 0 Å². The molecule has 6 aromatic rings. The molecule has 2 aliphatic rings. The van der Waals surface area contributed by atoms with Gasteiger partial charge in [-0.25, -0.2) is 15.0 Å². The molecule has 0 radical (unpaired) electrons. The summed E-state index contributed by atoms with van der Waals surface area (Å²) in [6, 6.07) is 33.7. The van der Waals surface area contributed by atoms with Gasteiger partial charge in [0.15, 0.2) is 6.29 Å². The van der Waals surface area contributed by atoms with Crippen LogP contribution in [0, 0.1) is 5.92 Å². The predicted molar refractivity (Wildman–Crippen MR) is 206 cm³/mol. The van der Waals surface area contributed by atoms with Gasteiger partial charge in [-0.3, -0.25) is 14.7 Å². The van der Waals surface area contributed by atoms with Crippen molar-refractivity contribution >= 4 is 22.9 Å². The van der Waals surface area contributed by atoms with Crippen LogP contribution in [-0.2, 0) is 22.6 Å². The first kappa shape index (κ1) is 35.4. The molecule has 2 aliphatic heterocycles. The fraction of sp³-hybridized carbons (Fsp3) is 0.279. The molecule has 11 nitrogen and oxygen atoms in total. The van der Waals surface area contributed by atoms with Gasteiger partial charge in [-0.2, -0.15) is 0 Å². The standard InChI is InChI=1S/C43H43N7O4/c1-29-39(27-49-21-23-50(24-22-49)43-44-19-6-20-45-43)53-42(54-40(29)32-13-11-30(28-51)12-14-32)33-17-15-31(16-18-33)35-8-3-2-7-34(35)25-47-41(52)38-26-46-36-9-4-5-10-37(36)48-38/h2-20,26,29,39-40,42,51H,21-25,27-28H2,1H3,(H,47,52)/t29-,39+,40+,42+/m1/s1. The fourth-order valence-corrected chi connectivity index (χ4v) is 7.28. The number of fused-ring (bicyclic) bond motifs is 1. The van der Waals surface area contributed by atoms with Crippen molar-refractivity contribution in [2.24, 2.45) is 5.92 Å². The predicted octanol–water partition coefficient (Wildman–Crippen LogP) is 6.12. The molecular weight excluding hydrogens is 679 g/mol. The number of piperazine rings is 1. The molecule has 54 heavy (non-hydrogen) atoms. The Hall–Kier alpha value is -5.59. The van der Waals surface area contributed by atoms with Gasteiger partial charge in [0.2, 0.25) is 5.95 Å². The zero-order valence-corrected chi connectivity index (χ0v) is 30.2. The highest BCUT2D eigenvalue weighted by Gasteiger charge is 2.39. The van der Waals surface area contributed by atoms with Crippen LogP contribution in [0.4, 0.5) is 5.95 Å². The van der Waals surface area contributed by atoms with Crippen LogP contribution >= 0.6 is 0 Å². The maximum atomic E-state index is 13.1. The Kier molecular flexibility index (Phi) is 10.6. The number of carbonyl (C=O) groups is 1. The lowest BCUT2D eigenvalue weighted by Gasteiger charge is -2.44. The Morgan fingerprint density at radius 1 is 0.796 bits per heavy atom. The van der Waals surface area contributed by atoms with Crippen molar-refractivity contribution in [3.05, 3.63) is 150 Å². The first-order chi connectivity index (χ1) is 26.5. The van der Waals surface area contributed by atoms with E-state index in [2.05, 4.69) is 84.4 Å². The number of benzene rings is 4. The molecule has 2 N–H and O–H groups in total. The van der Waals surface area contributed by atoms with Gasteiger partial charge < -0.3 is 24.8 Å². The maximum absolute atomic E-state index is 13.1. The smallest absolute Gasteiger partial charge is 0.271 e. The Balaban J connectivity index is 0.977. The van der Waals surface area contributed by atoms with Crippen molar-refractivity contribution in [2.75, 3.05) is 37.6 Å². The molecule has 0 unspecified atom stereocenters. The number of hydrogen-bond acceptors (Lipinski definition) is 10. The van der Waals surface area contributed by atoms with Crippen LogP contribution in [0.2, 0.25) is 0 Å². The fourth-order valence-electron chi connectivity index (χ4n) is 7.28. The van der Waals surface area contributed by atoms with E-state index in [1.807, 2.05) is 60.7 Å². The van der Waals surface area contributed by atoms with Gasteiger partial charge in [-0.05, 0) is 46.0 Å². The Bertz CT molecular complexity index is 2180. The number of hydrogen-bond donors (Lipinski definition) is 2. The number of rotatable bonds is 10. The summed E-state index contributed by atoms with van der Waals surface area (Å²) in [5, 5.41) is 12.7. The topological polar surface area (TPSA) is 126 Å². The van der Waals surface area contributed by atoms with Gasteiger partial charge >= 0.3 is 0 Å². The lowest BCUT2D eigenvalue weighted by molar-refractivity contribution is -0.276. The highest BCUT2D eigenvalue weighted by atomic mass is 16.7. The molecule has 4 atom stereocenters. The number of aromatic nitrogens is 4. The van der Waals surface area contributed by atoms with E-state index in [4.69, 9.17) is 9.47 Å². The zero-order chi connectivity index (χ0) is 36.9. The number of amides is 1. The molecule has 2 aromatic heterocycles. The van der Waals surface area contributed by atoms with Gasteiger partial charge in [0.1, 0.15) is 5.69 Å². The molecule has 0 bridgehead atoms. The number of para-hydroxylation sites is 2. The van der Waals surface area contributed by atoms with E-state index in [-0.39, 0.29) is 36.3 Å². The van der Waals surface area contributed by atoms with Crippen LogP contribution in [0.5, 0.6) is 0 Å². The first-order valence-electron chi connectivity index (χ1n) is 18.5. The second kappa shape index (κ2) is 16.2. The number of anilines is 1. The summed E-state index contributed by atoms with van der Waals surface area (Å²) in [4.78, 5) is 35.5. The third kappa shape index (κ3) is 7.85. The second-order valence-corrected chi connectivity index (χ2v) is 13.9. The van der Waals surface area contributed by atoms with Crippen molar-refractivity contribution in [1.29, 1.82) is 0 Å². The highest BCUT2D eigenvalue weighted by Crippen LogP contribution is 2.42. The van der Waals surface area contributed by atoms with E-state index >= 15 is 0 Å². The largest absolute Gasteiger partial charge is 0.392 e. The number of carbonyl (C=O) groups excluding carboxylic acids is 1. The molecule has 1 amide bonds. The van der Waals surface area contributed by atoms with E-state index in [1.54, 1.807) is 12.4 Å². The number of nitrogens with one attached hydrogen (secondary N) is 1. The van der Waals surface area contributed by atoms with Crippen LogP contribution < -0.4 is 10.2 Å². The molecule has 4 heterocycles. The quantitative estimate of drug-likeness (QED) is 0.171. The minimum Gasteiger partial charge on any atom is -0.392 e. The summed E-state index contributed by atoms with van der Waals surface area (Å²) >= 11 is 0. The summed E-state index contributed by atoms with van der Waals surface area (Å²) in [7, 11) is 0. The third-order valence-electron chi connectivity index (χ3n) is 10.4.